The third-order valence-electron chi connectivity index (χ3n) is 2.47. The predicted octanol–water partition coefficient (Wildman–Crippen LogP) is 3.19. The van der Waals surface area contributed by atoms with Crippen LogP contribution in [0.3, 0.4) is 0 Å². The van der Waals surface area contributed by atoms with E-state index < -0.39 is 6.10 Å². The Morgan fingerprint density at radius 1 is 1.47 bits per heavy atom. The molecule has 0 fully saturated rings. The van der Waals surface area contributed by atoms with Crippen LogP contribution in [0.2, 0.25) is 5.02 Å². The Balaban J connectivity index is 2.73. The van der Waals surface area contributed by atoms with Crippen LogP contribution in [0.25, 0.3) is 0 Å². The molecule has 84 valence electrons. The summed E-state index contributed by atoms with van der Waals surface area (Å²) in [7, 11) is 1.64. The lowest BCUT2D eigenvalue weighted by atomic mass is 9.96. The van der Waals surface area contributed by atoms with Gasteiger partial charge in [0.2, 0.25) is 0 Å². The number of methoxy groups -OCH3 is 1. The molecular weight excluding hydrogens is 212 g/mol. The molecule has 3 heteroatoms. The molecule has 0 bridgehead atoms. The highest BCUT2D eigenvalue weighted by Gasteiger charge is 2.22. The summed E-state index contributed by atoms with van der Waals surface area (Å²) in [6.07, 6.45) is 0.00256. The number of halogens is 1. The lowest BCUT2D eigenvalue weighted by Crippen LogP contribution is -2.25. The molecule has 0 amide bonds. The summed E-state index contributed by atoms with van der Waals surface area (Å²) >= 11 is 5.85. The maximum atomic E-state index is 9.97. The molecule has 1 unspecified atom stereocenters. The first-order valence-corrected chi connectivity index (χ1v) is 5.31. The Labute approximate surface area is 95.8 Å². The van der Waals surface area contributed by atoms with Gasteiger partial charge in [0.15, 0.2) is 0 Å². The maximum Gasteiger partial charge on any atom is 0.0817 e. The molecule has 1 aromatic carbocycles. The molecule has 1 aromatic rings. The zero-order chi connectivity index (χ0) is 11.5. The summed E-state index contributed by atoms with van der Waals surface area (Å²) < 4.78 is 5.27. The molecule has 0 aliphatic carbocycles. The van der Waals surface area contributed by atoms with Gasteiger partial charge in [-0.15, -0.1) is 0 Å². The summed E-state index contributed by atoms with van der Waals surface area (Å²) in [6.45, 7) is 3.89. The van der Waals surface area contributed by atoms with E-state index in [9.17, 15) is 5.11 Å². The summed E-state index contributed by atoms with van der Waals surface area (Å²) in [5.41, 5.74) is 0.495. The quantitative estimate of drug-likeness (QED) is 0.858. The van der Waals surface area contributed by atoms with Gasteiger partial charge in [0.25, 0.3) is 0 Å². The van der Waals surface area contributed by atoms with Crippen LogP contribution >= 0.6 is 11.6 Å². The molecule has 0 heterocycles. The molecule has 0 aliphatic rings. The standard InChI is InChI=1S/C12H17ClO2/c1-12(2,15-3)8-11(14)9-5-4-6-10(13)7-9/h4-7,11,14H,8H2,1-3H3. The van der Waals surface area contributed by atoms with E-state index >= 15 is 0 Å². The molecular formula is C12H17ClO2. The van der Waals surface area contributed by atoms with Crippen LogP contribution in [0.5, 0.6) is 0 Å². The van der Waals surface area contributed by atoms with Crippen molar-refractivity contribution in [1.82, 2.24) is 0 Å². The maximum absolute atomic E-state index is 9.97. The first-order valence-electron chi connectivity index (χ1n) is 4.93. The van der Waals surface area contributed by atoms with Crippen molar-refractivity contribution in [3.8, 4) is 0 Å². The average molecular weight is 229 g/mol. The fourth-order valence-electron chi connectivity index (χ4n) is 1.38. The Hall–Kier alpha value is -0.570. The van der Waals surface area contributed by atoms with Crippen molar-refractivity contribution in [1.29, 1.82) is 0 Å². The Bertz CT molecular complexity index is 323. The van der Waals surface area contributed by atoms with E-state index in [0.717, 1.165) is 5.56 Å². The second-order valence-corrected chi connectivity index (χ2v) is 4.68. The number of ether oxygens (including phenoxy) is 1. The van der Waals surface area contributed by atoms with Crippen LogP contribution in [0.15, 0.2) is 24.3 Å². The van der Waals surface area contributed by atoms with Crippen molar-refractivity contribution >= 4 is 11.6 Å². The van der Waals surface area contributed by atoms with E-state index in [4.69, 9.17) is 16.3 Å². The van der Waals surface area contributed by atoms with E-state index in [1.807, 2.05) is 26.0 Å². The van der Waals surface area contributed by atoms with Gasteiger partial charge in [-0.2, -0.15) is 0 Å². The molecule has 0 saturated heterocycles. The number of benzene rings is 1. The van der Waals surface area contributed by atoms with Crippen molar-refractivity contribution in [2.24, 2.45) is 0 Å². The van der Waals surface area contributed by atoms with Crippen LogP contribution in [0.4, 0.5) is 0 Å². The summed E-state index contributed by atoms with van der Waals surface area (Å²) in [4.78, 5) is 0. The third-order valence-corrected chi connectivity index (χ3v) is 2.71. The molecule has 1 atom stereocenters. The lowest BCUT2D eigenvalue weighted by molar-refractivity contribution is -0.0200. The first-order chi connectivity index (χ1) is 6.94. The molecule has 0 aromatic heterocycles. The SMILES string of the molecule is COC(C)(C)CC(O)c1cccc(Cl)c1. The average Bonchev–Trinajstić information content (AvgIpc) is 2.17. The number of aliphatic hydroxyl groups excluding tert-OH is 1. The van der Waals surface area contributed by atoms with Gasteiger partial charge in [0.1, 0.15) is 0 Å². The van der Waals surface area contributed by atoms with Crippen molar-refractivity contribution < 1.29 is 9.84 Å². The van der Waals surface area contributed by atoms with E-state index in [2.05, 4.69) is 0 Å². The molecule has 0 spiro atoms. The van der Waals surface area contributed by atoms with Gasteiger partial charge in [-0.3, -0.25) is 0 Å². The predicted molar refractivity (Wildman–Crippen MR) is 62.1 cm³/mol. The van der Waals surface area contributed by atoms with Gasteiger partial charge in [-0.25, -0.2) is 0 Å². The number of hydrogen-bond donors (Lipinski definition) is 1. The smallest absolute Gasteiger partial charge is 0.0817 e. The van der Waals surface area contributed by atoms with Gasteiger partial charge in [0, 0.05) is 18.6 Å². The second-order valence-electron chi connectivity index (χ2n) is 4.24. The summed E-state index contributed by atoms with van der Waals surface area (Å²) in [5.74, 6) is 0. The summed E-state index contributed by atoms with van der Waals surface area (Å²) in [6, 6.07) is 7.26. The fraction of sp³-hybridized carbons (Fsp3) is 0.500. The second kappa shape index (κ2) is 4.97. The van der Waals surface area contributed by atoms with Crippen LogP contribution in [0.1, 0.15) is 31.9 Å². The van der Waals surface area contributed by atoms with Crippen molar-refractivity contribution in [3.05, 3.63) is 34.9 Å². The molecule has 0 aliphatic heterocycles. The number of rotatable bonds is 4. The van der Waals surface area contributed by atoms with Crippen LogP contribution in [-0.2, 0) is 4.74 Å². The molecule has 1 rings (SSSR count). The minimum atomic E-state index is -0.543. The molecule has 0 radical (unpaired) electrons. The number of hydrogen-bond acceptors (Lipinski definition) is 2. The van der Waals surface area contributed by atoms with Crippen LogP contribution in [0, 0.1) is 0 Å². The number of aliphatic hydroxyl groups is 1. The highest BCUT2D eigenvalue weighted by Crippen LogP contribution is 2.27. The van der Waals surface area contributed by atoms with E-state index in [1.165, 1.54) is 0 Å². The van der Waals surface area contributed by atoms with Gasteiger partial charge >= 0.3 is 0 Å². The molecule has 15 heavy (non-hydrogen) atoms. The molecule has 1 N–H and O–H groups in total. The minimum Gasteiger partial charge on any atom is -0.388 e. The van der Waals surface area contributed by atoms with Crippen molar-refractivity contribution in [2.45, 2.75) is 32.0 Å². The third kappa shape index (κ3) is 3.82. The van der Waals surface area contributed by atoms with Gasteiger partial charge in [0.05, 0.1) is 11.7 Å². The largest absolute Gasteiger partial charge is 0.388 e. The van der Waals surface area contributed by atoms with E-state index in [1.54, 1.807) is 19.2 Å². The Morgan fingerprint density at radius 2 is 2.13 bits per heavy atom. The van der Waals surface area contributed by atoms with Gasteiger partial charge < -0.3 is 9.84 Å². The minimum absolute atomic E-state index is 0.332. The fourth-order valence-corrected chi connectivity index (χ4v) is 1.58. The van der Waals surface area contributed by atoms with Gasteiger partial charge in [-0.05, 0) is 31.5 Å². The molecule has 2 nitrogen and oxygen atoms in total. The summed E-state index contributed by atoms with van der Waals surface area (Å²) in [5, 5.41) is 10.6. The van der Waals surface area contributed by atoms with Crippen molar-refractivity contribution in [2.75, 3.05) is 7.11 Å². The van der Waals surface area contributed by atoms with E-state index in [0.29, 0.717) is 11.4 Å². The van der Waals surface area contributed by atoms with Gasteiger partial charge in [-0.1, -0.05) is 23.7 Å². The Morgan fingerprint density at radius 3 is 2.67 bits per heavy atom. The zero-order valence-corrected chi connectivity index (χ0v) is 10.1. The monoisotopic (exact) mass is 228 g/mol. The normalized spacial score (nSPS) is 13.9. The first kappa shape index (κ1) is 12.5. The zero-order valence-electron chi connectivity index (χ0n) is 9.33. The van der Waals surface area contributed by atoms with E-state index in [-0.39, 0.29) is 5.60 Å². The van der Waals surface area contributed by atoms with Crippen molar-refractivity contribution in [3.63, 3.8) is 0 Å². The van der Waals surface area contributed by atoms with Crippen LogP contribution < -0.4 is 0 Å². The highest BCUT2D eigenvalue weighted by molar-refractivity contribution is 6.30. The Kier molecular flexibility index (Phi) is 4.14. The molecule has 0 saturated carbocycles. The van der Waals surface area contributed by atoms with Crippen LogP contribution in [-0.4, -0.2) is 17.8 Å². The topological polar surface area (TPSA) is 29.5 Å². The highest BCUT2D eigenvalue weighted by atomic mass is 35.5. The lowest BCUT2D eigenvalue weighted by Gasteiger charge is -2.26.